The van der Waals surface area contributed by atoms with Gasteiger partial charge in [-0.05, 0) is 106 Å². The lowest BCUT2D eigenvalue weighted by Gasteiger charge is -2.31. The minimum Gasteiger partial charge on any atom is -0.744 e. The number of carboxylic acids is 1. The van der Waals surface area contributed by atoms with Crippen molar-refractivity contribution in [3.8, 4) is 0 Å². The van der Waals surface area contributed by atoms with Crippen molar-refractivity contribution in [3.63, 3.8) is 0 Å². The molecule has 19 nitrogen and oxygen atoms in total. The van der Waals surface area contributed by atoms with E-state index in [1.165, 1.54) is 12.1 Å². The molecule has 2 heterocycles. The summed E-state index contributed by atoms with van der Waals surface area (Å²) in [4.78, 5) is 10.2. The Morgan fingerprint density at radius 3 is 1.88 bits per heavy atom. The Morgan fingerprint density at radius 1 is 0.735 bits per heavy atom. The maximum Gasteiger partial charge on any atom is 0.303 e. The molecule has 4 N–H and O–H groups in total. The monoisotopic (exact) mass is 1020 g/mol. The topological polar surface area (TPSA) is 292 Å². The van der Waals surface area contributed by atoms with E-state index in [0.29, 0.717) is 91.6 Å². The third-order valence-corrected chi connectivity index (χ3v) is 15.9. The van der Waals surface area contributed by atoms with Crippen molar-refractivity contribution in [1.82, 2.24) is 0 Å². The number of hydrogen-bond donors (Lipinski definition) is 4. The van der Waals surface area contributed by atoms with E-state index in [2.05, 4.69) is 0 Å². The van der Waals surface area contributed by atoms with Gasteiger partial charge < -0.3 is 28.8 Å². The largest absolute Gasteiger partial charge is 0.744 e. The van der Waals surface area contributed by atoms with Crippen molar-refractivity contribution < 1.29 is 80.6 Å². The predicted octanol–water partition coefficient (Wildman–Crippen LogP) is 5.97. The molecule has 0 spiro atoms. The zero-order chi connectivity index (χ0) is 50.2. The van der Waals surface area contributed by atoms with Gasteiger partial charge in [0.05, 0.1) is 46.5 Å². The second-order valence-corrected chi connectivity index (χ2v) is 22.7. The highest BCUT2D eigenvalue weighted by Gasteiger charge is 2.47. The Balaban J connectivity index is 1.55. The molecule has 370 valence electrons. The van der Waals surface area contributed by atoms with Gasteiger partial charge in [0.15, 0.2) is 5.71 Å². The van der Waals surface area contributed by atoms with Crippen molar-refractivity contribution in [2.45, 2.75) is 90.2 Å². The Morgan fingerprint density at radius 2 is 1.31 bits per heavy atom. The van der Waals surface area contributed by atoms with Crippen LogP contribution in [0.1, 0.15) is 70.9 Å². The molecule has 4 aromatic rings. The highest BCUT2D eigenvalue weighted by molar-refractivity contribution is 7.87. The molecule has 0 bridgehead atoms. The maximum absolute atomic E-state index is 12.8. The van der Waals surface area contributed by atoms with Gasteiger partial charge in [0.25, 0.3) is 30.4 Å². The summed E-state index contributed by atoms with van der Waals surface area (Å²) in [6, 6.07) is 9.74. The highest BCUT2D eigenvalue weighted by Crippen LogP contribution is 2.54. The Hall–Kier alpha value is -4.66. The Bertz CT molecular complexity index is 3220. The molecule has 4 aromatic carbocycles. The molecule has 1 unspecified atom stereocenters. The van der Waals surface area contributed by atoms with Gasteiger partial charge in [-0.2, -0.15) is 29.8 Å². The zero-order valence-corrected chi connectivity index (χ0v) is 41.2. The normalized spacial score (nSPS) is 18.1. The second kappa shape index (κ2) is 20.0. The Kier molecular flexibility index (Phi) is 15.5. The van der Waals surface area contributed by atoms with Gasteiger partial charge in [0.2, 0.25) is 5.69 Å². The van der Waals surface area contributed by atoms with Gasteiger partial charge in [-0.3, -0.25) is 18.5 Å². The van der Waals surface area contributed by atoms with Gasteiger partial charge in [0.1, 0.15) is 21.6 Å². The maximum atomic E-state index is 12.8. The summed E-state index contributed by atoms with van der Waals surface area (Å²) < 4.78 is 162. The molecule has 68 heavy (non-hydrogen) atoms. The summed E-state index contributed by atoms with van der Waals surface area (Å²) in [6.45, 7) is 9.35. The number of methoxy groups -OCH3 is 1. The molecule has 6 rings (SSSR count). The van der Waals surface area contributed by atoms with Gasteiger partial charge in [0, 0.05) is 72.0 Å². The molecule has 0 radical (unpaired) electrons. The number of allylic oxidation sites excluding steroid dienone is 4. The summed E-state index contributed by atoms with van der Waals surface area (Å²) >= 11 is 0. The lowest BCUT2D eigenvalue weighted by Crippen LogP contribution is -2.31. The fourth-order valence-corrected chi connectivity index (χ4v) is 12.1. The fourth-order valence-electron chi connectivity index (χ4n) is 9.38. The van der Waals surface area contributed by atoms with Crippen LogP contribution in [0.15, 0.2) is 92.0 Å². The van der Waals surface area contributed by atoms with Crippen LogP contribution < -0.4 is 4.90 Å². The fraction of sp³-hybridized carbons (Fsp3) is 0.422. The van der Waals surface area contributed by atoms with Crippen molar-refractivity contribution in [3.05, 3.63) is 83.6 Å². The number of hydrogen-bond acceptors (Lipinski definition) is 14. The quantitative estimate of drug-likeness (QED) is 0.0401. The van der Waals surface area contributed by atoms with Crippen molar-refractivity contribution in [1.29, 1.82) is 0 Å². The number of anilines is 1. The summed E-state index contributed by atoms with van der Waals surface area (Å²) in [5, 5.41) is 9.48. The first kappa shape index (κ1) is 52.7. The lowest BCUT2D eigenvalue weighted by atomic mass is 9.76. The van der Waals surface area contributed by atoms with E-state index >= 15 is 0 Å². The van der Waals surface area contributed by atoms with E-state index in [9.17, 15) is 61.8 Å². The minimum absolute atomic E-state index is 0.0209. The van der Waals surface area contributed by atoms with Crippen LogP contribution >= 0.6 is 0 Å². The standard InChI is InChI=1S/C45H54N2O17S4/c1-6-46-35-16-14-31-33(25-29(65(50,51)52)27-37(31)67(56,57)58)42(35)44(2,3)39(46)11-10-12-40-45(4,18-20-63-23-24-64-22-21-62-5)43-34-26-30(66(53,54)55)28-38(68(59,60)61)32(34)15-17-36(43)47(40)19-9-7-8-13-41(48)49/h10-12,14-17,25-28H,6-9,13,18-24H2,1-5H3,(H4-,48,49,50,51,52,53,54,55,56,57,58,59,60,61). The van der Waals surface area contributed by atoms with E-state index in [1.54, 1.807) is 25.3 Å². The third kappa shape index (κ3) is 10.7. The number of carboxylic acid groups (broad SMARTS) is 1. The van der Waals surface area contributed by atoms with Gasteiger partial charge in [-0.15, -0.1) is 0 Å². The molecule has 1 atom stereocenters. The molecular weight excluding hydrogens is 969 g/mol. The number of nitrogens with zero attached hydrogens (tertiary/aromatic N) is 2. The van der Waals surface area contributed by atoms with Crippen LogP contribution in [0.3, 0.4) is 0 Å². The SMILES string of the molecule is CC[N+]1=C(/C=C/C=C2/N(CCCCCC(=O)O)c3ccc4c(S(=O)(=O)O)cc(S(=O)(=O)O)cc4c3C2(C)CCOCCOCCOC)C(C)(C)c2c1ccc1c(S(=O)(=O)[O-])cc(S(=O)(=O)O)cc21. The van der Waals surface area contributed by atoms with Crippen LogP contribution in [0.2, 0.25) is 0 Å². The molecule has 0 aliphatic carbocycles. The number of rotatable bonds is 22. The number of fused-ring (bicyclic) bond motifs is 6. The molecule has 2 aliphatic rings. The average molecular weight is 1020 g/mol. The van der Waals surface area contributed by atoms with Crippen LogP contribution in [0.25, 0.3) is 21.5 Å². The Labute approximate surface area is 395 Å². The predicted molar refractivity (Wildman–Crippen MR) is 250 cm³/mol. The second-order valence-electron chi connectivity index (χ2n) is 17.2. The number of carbonyl (C=O) groups is 1. The molecule has 0 amide bonds. The first-order valence-electron chi connectivity index (χ1n) is 21.5. The van der Waals surface area contributed by atoms with E-state index in [4.69, 9.17) is 14.2 Å². The van der Waals surface area contributed by atoms with Crippen molar-refractivity contribution in [2.75, 3.05) is 58.1 Å². The summed E-state index contributed by atoms with van der Waals surface area (Å²) in [5.41, 5.74) is 1.23. The van der Waals surface area contributed by atoms with Crippen LogP contribution in [0.5, 0.6) is 0 Å². The van der Waals surface area contributed by atoms with E-state index in [0.717, 1.165) is 12.1 Å². The molecule has 0 saturated carbocycles. The minimum atomic E-state index is -5.23. The van der Waals surface area contributed by atoms with Crippen molar-refractivity contribution >= 4 is 85.1 Å². The van der Waals surface area contributed by atoms with E-state index in [1.807, 2.05) is 49.3 Å². The molecular formula is C45H54N2O17S4. The summed E-state index contributed by atoms with van der Waals surface area (Å²) in [7, 11) is -18.7. The third-order valence-electron chi connectivity index (χ3n) is 12.4. The first-order valence-corrected chi connectivity index (χ1v) is 27.2. The van der Waals surface area contributed by atoms with Crippen LogP contribution in [0.4, 0.5) is 11.4 Å². The average Bonchev–Trinajstić information content (AvgIpc) is 3.61. The molecule has 2 aliphatic heterocycles. The first-order chi connectivity index (χ1) is 31.7. The number of benzene rings is 4. The highest BCUT2D eigenvalue weighted by atomic mass is 32.2. The molecule has 23 heteroatoms. The van der Waals surface area contributed by atoms with Crippen molar-refractivity contribution in [2.24, 2.45) is 0 Å². The smallest absolute Gasteiger partial charge is 0.303 e. The number of ether oxygens (including phenoxy) is 3. The number of aliphatic carboxylic acids is 1. The lowest BCUT2D eigenvalue weighted by molar-refractivity contribution is -0.433. The number of unbranched alkanes of at least 4 members (excludes halogenated alkanes) is 2. The molecule has 0 saturated heterocycles. The zero-order valence-electron chi connectivity index (χ0n) is 38.0. The summed E-state index contributed by atoms with van der Waals surface area (Å²) in [5.74, 6) is -0.951. The summed E-state index contributed by atoms with van der Waals surface area (Å²) in [6.07, 6.45) is 6.93. The van der Waals surface area contributed by atoms with Gasteiger partial charge >= 0.3 is 5.97 Å². The van der Waals surface area contributed by atoms with E-state index < -0.39 is 76.9 Å². The van der Waals surface area contributed by atoms with Gasteiger partial charge in [-0.1, -0.05) is 18.6 Å². The van der Waals surface area contributed by atoms with E-state index in [-0.39, 0.29) is 54.2 Å². The molecule has 0 aromatic heterocycles. The van der Waals surface area contributed by atoms with Crippen LogP contribution in [-0.2, 0) is 70.3 Å². The molecule has 0 fully saturated rings. The van der Waals surface area contributed by atoms with Gasteiger partial charge in [-0.25, -0.2) is 8.42 Å². The van der Waals surface area contributed by atoms with Crippen LogP contribution in [-0.4, -0.2) is 126 Å². The van der Waals surface area contributed by atoms with Crippen LogP contribution in [0, 0.1) is 0 Å².